The number of hydrogen-bond acceptors (Lipinski definition) is 6. The Labute approximate surface area is 176 Å². The second-order valence-corrected chi connectivity index (χ2v) is 7.74. The summed E-state index contributed by atoms with van der Waals surface area (Å²) in [6.07, 6.45) is 2.47. The lowest BCUT2D eigenvalue weighted by atomic mass is 10.0. The molecule has 8 heteroatoms. The highest BCUT2D eigenvalue weighted by atomic mass is 16.2. The Balaban J connectivity index is 1.33. The number of hydrazine groups is 1. The highest BCUT2D eigenvalue weighted by molar-refractivity contribution is 5.82. The van der Waals surface area contributed by atoms with Crippen molar-refractivity contribution in [3.63, 3.8) is 0 Å². The van der Waals surface area contributed by atoms with Gasteiger partial charge in [-0.25, -0.2) is 15.8 Å². The molecule has 1 aromatic heterocycles. The first kappa shape index (κ1) is 20.3. The molecule has 2 aliphatic heterocycles. The molecule has 0 aliphatic carbocycles. The van der Waals surface area contributed by atoms with Crippen LogP contribution in [0.1, 0.15) is 30.5 Å². The van der Waals surface area contributed by atoms with E-state index in [0.717, 1.165) is 24.5 Å². The van der Waals surface area contributed by atoms with Crippen LogP contribution in [0.15, 0.2) is 48.7 Å². The SMILES string of the molecule is CC(=O)N1CCN(c2ncccc2CNC(=O)C2CC(c3ccccc3)NN2)CC1. The quantitative estimate of drug-likeness (QED) is 0.683. The van der Waals surface area contributed by atoms with Crippen molar-refractivity contribution in [2.75, 3.05) is 31.1 Å². The maximum Gasteiger partial charge on any atom is 0.238 e. The number of pyridine rings is 1. The van der Waals surface area contributed by atoms with E-state index in [4.69, 9.17) is 0 Å². The van der Waals surface area contributed by atoms with Gasteiger partial charge in [0.05, 0.1) is 0 Å². The third-order valence-electron chi connectivity index (χ3n) is 5.77. The minimum Gasteiger partial charge on any atom is -0.353 e. The molecule has 4 rings (SSSR count). The molecule has 3 N–H and O–H groups in total. The average Bonchev–Trinajstić information content (AvgIpc) is 3.29. The zero-order valence-corrected chi connectivity index (χ0v) is 17.2. The third-order valence-corrected chi connectivity index (χ3v) is 5.77. The Morgan fingerprint density at radius 2 is 1.83 bits per heavy atom. The predicted molar refractivity (Wildman–Crippen MR) is 114 cm³/mol. The molecule has 1 aromatic carbocycles. The number of rotatable bonds is 5. The fourth-order valence-corrected chi connectivity index (χ4v) is 4.02. The van der Waals surface area contributed by atoms with Gasteiger partial charge in [0.1, 0.15) is 11.9 Å². The number of nitrogens with zero attached hydrogens (tertiary/aromatic N) is 3. The van der Waals surface area contributed by atoms with Crippen LogP contribution in [-0.2, 0) is 16.1 Å². The summed E-state index contributed by atoms with van der Waals surface area (Å²) in [5.41, 5.74) is 8.47. The normalized spacial score (nSPS) is 21.5. The molecule has 2 fully saturated rings. The van der Waals surface area contributed by atoms with Crippen molar-refractivity contribution in [2.45, 2.75) is 32.0 Å². The fourth-order valence-electron chi connectivity index (χ4n) is 4.02. The van der Waals surface area contributed by atoms with Crippen LogP contribution in [0.5, 0.6) is 0 Å². The summed E-state index contributed by atoms with van der Waals surface area (Å²) in [5, 5.41) is 3.05. The highest BCUT2D eigenvalue weighted by Gasteiger charge is 2.30. The Kier molecular flexibility index (Phi) is 6.25. The molecule has 2 aliphatic rings. The van der Waals surface area contributed by atoms with E-state index in [1.54, 1.807) is 13.1 Å². The maximum absolute atomic E-state index is 12.7. The molecule has 3 heterocycles. The Morgan fingerprint density at radius 3 is 2.57 bits per heavy atom. The largest absolute Gasteiger partial charge is 0.353 e. The minimum absolute atomic E-state index is 0.0304. The summed E-state index contributed by atoms with van der Waals surface area (Å²) >= 11 is 0. The van der Waals surface area contributed by atoms with Gasteiger partial charge in [0.25, 0.3) is 0 Å². The molecule has 2 aromatic rings. The van der Waals surface area contributed by atoms with Gasteiger partial charge in [-0.15, -0.1) is 0 Å². The van der Waals surface area contributed by atoms with E-state index < -0.39 is 0 Å². The summed E-state index contributed by atoms with van der Waals surface area (Å²) in [7, 11) is 0. The summed E-state index contributed by atoms with van der Waals surface area (Å²) in [4.78, 5) is 32.8. The Morgan fingerprint density at radius 1 is 1.07 bits per heavy atom. The fraction of sp³-hybridized carbons (Fsp3) is 0.409. The van der Waals surface area contributed by atoms with Gasteiger partial charge in [-0.1, -0.05) is 36.4 Å². The van der Waals surface area contributed by atoms with Crippen LogP contribution in [-0.4, -0.2) is 53.9 Å². The molecular formula is C22H28N6O2. The summed E-state index contributed by atoms with van der Waals surface area (Å²) in [6.45, 7) is 4.88. The van der Waals surface area contributed by atoms with E-state index >= 15 is 0 Å². The van der Waals surface area contributed by atoms with Gasteiger partial charge < -0.3 is 15.1 Å². The minimum atomic E-state index is -0.283. The molecule has 158 valence electrons. The predicted octanol–water partition coefficient (Wildman–Crippen LogP) is 0.974. The van der Waals surface area contributed by atoms with Crippen LogP contribution in [0.3, 0.4) is 0 Å². The van der Waals surface area contributed by atoms with Crippen molar-refractivity contribution in [3.8, 4) is 0 Å². The molecule has 0 bridgehead atoms. The van der Waals surface area contributed by atoms with Crippen molar-refractivity contribution in [2.24, 2.45) is 0 Å². The molecule has 0 radical (unpaired) electrons. The van der Waals surface area contributed by atoms with E-state index in [-0.39, 0.29) is 23.9 Å². The smallest absolute Gasteiger partial charge is 0.238 e. The molecule has 30 heavy (non-hydrogen) atoms. The number of anilines is 1. The van der Waals surface area contributed by atoms with Gasteiger partial charge >= 0.3 is 0 Å². The lowest BCUT2D eigenvalue weighted by Crippen LogP contribution is -2.48. The lowest BCUT2D eigenvalue weighted by molar-refractivity contribution is -0.129. The van der Waals surface area contributed by atoms with E-state index in [9.17, 15) is 9.59 Å². The van der Waals surface area contributed by atoms with Crippen molar-refractivity contribution >= 4 is 17.6 Å². The van der Waals surface area contributed by atoms with Gasteiger partial charge in [0, 0.05) is 57.4 Å². The number of amides is 2. The van der Waals surface area contributed by atoms with Gasteiger partial charge in [0.15, 0.2) is 0 Å². The molecule has 2 atom stereocenters. The number of aromatic nitrogens is 1. The number of nitrogens with one attached hydrogen (secondary N) is 3. The standard InChI is InChI=1S/C22H28N6O2/c1-16(29)27-10-12-28(13-11-27)21-18(8-5-9-23-21)15-24-22(30)20-14-19(25-26-20)17-6-3-2-4-7-17/h2-9,19-20,25-26H,10-15H2,1H3,(H,24,30). The van der Waals surface area contributed by atoms with Crippen molar-refractivity contribution < 1.29 is 9.59 Å². The molecule has 2 unspecified atom stereocenters. The first-order valence-electron chi connectivity index (χ1n) is 10.4. The van der Waals surface area contributed by atoms with Gasteiger partial charge in [-0.05, 0) is 18.1 Å². The van der Waals surface area contributed by atoms with Crippen molar-refractivity contribution in [3.05, 3.63) is 59.8 Å². The molecule has 0 saturated carbocycles. The first-order valence-corrected chi connectivity index (χ1v) is 10.4. The van der Waals surface area contributed by atoms with Crippen LogP contribution < -0.4 is 21.1 Å². The first-order chi connectivity index (χ1) is 14.6. The second kappa shape index (κ2) is 9.23. The molecule has 0 spiro atoms. The third kappa shape index (κ3) is 4.60. The van der Waals surface area contributed by atoms with Crippen LogP contribution in [0, 0.1) is 0 Å². The molecular weight excluding hydrogens is 380 g/mol. The van der Waals surface area contributed by atoms with E-state index in [1.165, 1.54) is 5.56 Å². The molecule has 2 saturated heterocycles. The van der Waals surface area contributed by atoms with Gasteiger partial charge in [0.2, 0.25) is 11.8 Å². The summed E-state index contributed by atoms with van der Waals surface area (Å²) in [6, 6.07) is 13.8. The van der Waals surface area contributed by atoms with Gasteiger partial charge in [-0.3, -0.25) is 9.59 Å². The second-order valence-electron chi connectivity index (χ2n) is 7.74. The van der Waals surface area contributed by atoms with E-state index in [1.807, 2.05) is 35.2 Å². The van der Waals surface area contributed by atoms with Gasteiger partial charge in [-0.2, -0.15) is 0 Å². The van der Waals surface area contributed by atoms with E-state index in [0.29, 0.717) is 26.1 Å². The topological polar surface area (TPSA) is 89.6 Å². The highest BCUT2D eigenvalue weighted by Crippen LogP contribution is 2.22. The number of benzene rings is 1. The number of hydrogen-bond donors (Lipinski definition) is 3. The van der Waals surface area contributed by atoms with Crippen LogP contribution in [0.4, 0.5) is 5.82 Å². The van der Waals surface area contributed by atoms with Crippen LogP contribution >= 0.6 is 0 Å². The zero-order valence-electron chi connectivity index (χ0n) is 17.2. The van der Waals surface area contributed by atoms with Crippen LogP contribution in [0.25, 0.3) is 0 Å². The lowest BCUT2D eigenvalue weighted by Gasteiger charge is -2.35. The molecule has 8 nitrogen and oxygen atoms in total. The molecule has 2 amide bonds. The van der Waals surface area contributed by atoms with Crippen LogP contribution in [0.2, 0.25) is 0 Å². The zero-order chi connectivity index (χ0) is 20.9. The summed E-state index contributed by atoms with van der Waals surface area (Å²) in [5.74, 6) is 0.951. The average molecular weight is 409 g/mol. The maximum atomic E-state index is 12.7. The van der Waals surface area contributed by atoms with E-state index in [2.05, 4.69) is 38.2 Å². The summed E-state index contributed by atoms with van der Waals surface area (Å²) < 4.78 is 0. The number of carbonyl (C=O) groups is 2. The Hall–Kier alpha value is -2.97. The Bertz CT molecular complexity index is 882. The van der Waals surface area contributed by atoms with Crippen molar-refractivity contribution in [1.29, 1.82) is 0 Å². The number of carbonyl (C=O) groups excluding carboxylic acids is 2. The monoisotopic (exact) mass is 408 g/mol. The van der Waals surface area contributed by atoms with Crippen molar-refractivity contribution in [1.82, 2.24) is 26.1 Å². The number of piperazine rings is 1.